The van der Waals surface area contributed by atoms with Crippen LogP contribution in [0.5, 0.6) is 0 Å². The first kappa shape index (κ1) is 17.4. The molecule has 2 fully saturated rings. The van der Waals surface area contributed by atoms with E-state index in [1.54, 1.807) is 28.9 Å². The first-order chi connectivity index (χ1) is 11.3. The predicted molar refractivity (Wildman–Crippen MR) is 88.0 cm³/mol. The Morgan fingerprint density at radius 2 is 2.12 bits per heavy atom. The highest BCUT2D eigenvalue weighted by Crippen LogP contribution is 2.35. The third-order valence-corrected chi connectivity index (χ3v) is 5.53. The van der Waals surface area contributed by atoms with Crippen LogP contribution >= 0.6 is 0 Å². The van der Waals surface area contributed by atoms with Gasteiger partial charge < -0.3 is 9.64 Å². The van der Waals surface area contributed by atoms with Gasteiger partial charge in [0.25, 0.3) is 5.91 Å². The second-order valence-electron chi connectivity index (χ2n) is 6.78. The number of ether oxygens (including phenoxy) is 1. The van der Waals surface area contributed by atoms with E-state index in [9.17, 15) is 13.2 Å². The van der Waals surface area contributed by atoms with Gasteiger partial charge in [-0.1, -0.05) is 0 Å². The van der Waals surface area contributed by atoms with E-state index in [0.29, 0.717) is 51.1 Å². The van der Waals surface area contributed by atoms with Gasteiger partial charge in [0.15, 0.2) is 0 Å². The molecule has 1 amide bonds. The summed E-state index contributed by atoms with van der Waals surface area (Å²) in [6, 6.07) is 1.63. The van der Waals surface area contributed by atoms with Crippen LogP contribution in [0, 0.1) is 0 Å². The Kier molecular flexibility index (Phi) is 4.67. The average Bonchev–Trinajstić information content (AvgIpc) is 2.92. The number of nitrogens with zero attached hydrogens (tertiary/aromatic N) is 3. The van der Waals surface area contributed by atoms with Crippen molar-refractivity contribution >= 4 is 15.9 Å². The Morgan fingerprint density at radius 3 is 2.71 bits per heavy atom. The zero-order chi connectivity index (χ0) is 17.4. The van der Waals surface area contributed by atoms with Crippen molar-refractivity contribution < 1.29 is 17.9 Å². The fraction of sp³-hybridized carbons (Fsp3) is 0.733. The van der Waals surface area contributed by atoms with E-state index in [-0.39, 0.29) is 17.6 Å². The van der Waals surface area contributed by atoms with E-state index in [2.05, 4.69) is 9.82 Å². The molecule has 0 saturated carbocycles. The number of piperidine rings is 1. The summed E-state index contributed by atoms with van der Waals surface area (Å²) in [7, 11) is -1.43. The number of aromatic nitrogens is 2. The summed E-state index contributed by atoms with van der Waals surface area (Å²) in [5, 5.41) is 4.16. The van der Waals surface area contributed by atoms with Crippen LogP contribution in [0.15, 0.2) is 12.3 Å². The van der Waals surface area contributed by atoms with Gasteiger partial charge in [0.1, 0.15) is 5.69 Å². The molecule has 1 aromatic rings. The number of likely N-dealkylation sites (tertiary alicyclic amines) is 1. The van der Waals surface area contributed by atoms with Crippen molar-refractivity contribution in [3.8, 4) is 0 Å². The van der Waals surface area contributed by atoms with Gasteiger partial charge in [-0.15, -0.1) is 0 Å². The lowest BCUT2D eigenvalue weighted by molar-refractivity contribution is -0.113. The topological polar surface area (TPSA) is 93.5 Å². The van der Waals surface area contributed by atoms with E-state index in [1.165, 1.54) is 6.26 Å². The molecule has 0 aliphatic carbocycles. The zero-order valence-electron chi connectivity index (χ0n) is 14.1. The van der Waals surface area contributed by atoms with Gasteiger partial charge in [-0.2, -0.15) is 5.10 Å². The summed E-state index contributed by atoms with van der Waals surface area (Å²) >= 11 is 0. The van der Waals surface area contributed by atoms with Gasteiger partial charge in [-0.05, 0) is 31.7 Å². The third-order valence-electron chi connectivity index (χ3n) is 4.77. The number of nitrogens with one attached hydrogen (secondary N) is 1. The van der Waals surface area contributed by atoms with Crippen molar-refractivity contribution in [3.05, 3.63) is 18.0 Å². The number of amides is 1. The maximum Gasteiger partial charge on any atom is 0.274 e. The molecule has 1 spiro atoms. The molecular formula is C15H24N4O4S. The maximum atomic E-state index is 12.5. The van der Waals surface area contributed by atoms with Crippen molar-refractivity contribution in [2.45, 2.75) is 37.3 Å². The Balaban J connectivity index is 1.60. The minimum absolute atomic E-state index is 0.0629. The molecule has 2 saturated heterocycles. The fourth-order valence-electron chi connectivity index (χ4n) is 3.59. The lowest BCUT2D eigenvalue weighted by Crippen LogP contribution is -2.54. The van der Waals surface area contributed by atoms with Crippen molar-refractivity contribution in [1.29, 1.82) is 0 Å². The highest BCUT2D eigenvalue weighted by atomic mass is 32.2. The van der Waals surface area contributed by atoms with E-state index in [0.717, 1.165) is 0 Å². The molecule has 2 aliphatic heterocycles. The number of carbonyl (C=O) groups excluding carboxylic acids is 1. The molecular weight excluding hydrogens is 332 g/mol. The van der Waals surface area contributed by atoms with Gasteiger partial charge in [-0.25, -0.2) is 13.1 Å². The van der Waals surface area contributed by atoms with Gasteiger partial charge in [-0.3, -0.25) is 9.48 Å². The SMILES string of the molecule is Cn1ccc(C(=O)N2CCC3(CC2)C[C@H](NS(C)(=O)=O)CCO3)n1. The number of rotatable bonds is 3. The first-order valence-electron chi connectivity index (χ1n) is 8.17. The minimum atomic E-state index is -3.22. The highest BCUT2D eigenvalue weighted by Gasteiger charge is 2.42. The number of aryl methyl sites for hydroxylation is 1. The Labute approximate surface area is 142 Å². The standard InChI is InChI=1S/C15H24N4O4S/c1-18-7-3-13(16-18)14(20)19-8-5-15(6-9-19)11-12(4-10-23-15)17-24(2,21)22/h3,7,12,17H,4-6,8-11H2,1-2H3/t12-/m1/s1. The summed E-state index contributed by atoms with van der Waals surface area (Å²) in [5.41, 5.74) is 0.122. The van der Waals surface area contributed by atoms with Crippen molar-refractivity contribution in [1.82, 2.24) is 19.4 Å². The van der Waals surface area contributed by atoms with Crippen LogP contribution < -0.4 is 4.72 Å². The molecule has 9 heteroatoms. The smallest absolute Gasteiger partial charge is 0.274 e. The van der Waals surface area contributed by atoms with E-state index < -0.39 is 10.0 Å². The Hall–Kier alpha value is -1.45. The number of sulfonamides is 1. The molecule has 0 aromatic carbocycles. The normalized spacial score (nSPS) is 24.2. The van der Waals surface area contributed by atoms with Crippen LogP contribution in [0.25, 0.3) is 0 Å². The fourth-order valence-corrected chi connectivity index (χ4v) is 4.39. The number of hydrogen-bond acceptors (Lipinski definition) is 5. The molecule has 3 heterocycles. The van der Waals surface area contributed by atoms with Gasteiger partial charge in [0, 0.05) is 39.0 Å². The van der Waals surface area contributed by atoms with E-state index in [1.807, 2.05) is 0 Å². The molecule has 1 N–H and O–H groups in total. The summed E-state index contributed by atoms with van der Waals surface area (Å²) < 4.78 is 33.2. The van der Waals surface area contributed by atoms with Crippen LogP contribution in [0.4, 0.5) is 0 Å². The summed E-state index contributed by atoms with van der Waals surface area (Å²) in [5.74, 6) is -0.0629. The average molecular weight is 356 g/mol. The van der Waals surface area contributed by atoms with Crippen LogP contribution in [0.2, 0.25) is 0 Å². The van der Waals surface area contributed by atoms with E-state index >= 15 is 0 Å². The molecule has 8 nitrogen and oxygen atoms in total. The third kappa shape index (κ3) is 3.96. The van der Waals surface area contributed by atoms with Crippen LogP contribution in [-0.4, -0.2) is 66.6 Å². The minimum Gasteiger partial charge on any atom is -0.375 e. The molecule has 0 radical (unpaired) electrons. The Morgan fingerprint density at radius 1 is 1.42 bits per heavy atom. The number of hydrogen-bond donors (Lipinski definition) is 1. The molecule has 3 rings (SSSR count). The van der Waals surface area contributed by atoms with Gasteiger partial charge in [0.2, 0.25) is 10.0 Å². The van der Waals surface area contributed by atoms with Gasteiger partial charge in [0.05, 0.1) is 11.9 Å². The van der Waals surface area contributed by atoms with E-state index in [4.69, 9.17) is 4.74 Å². The largest absolute Gasteiger partial charge is 0.375 e. The number of carbonyl (C=O) groups is 1. The van der Waals surface area contributed by atoms with Crippen LogP contribution in [0.3, 0.4) is 0 Å². The predicted octanol–water partition coefficient (Wildman–Crippen LogP) is 0.123. The van der Waals surface area contributed by atoms with Crippen molar-refractivity contribution in [2.75, 3.05) is 26.0 Å². The summed E-state index contributed by atoms with van der Waals surface area (Å²) in [6.45, 7) is 1.74. The second-order valence-corrected chi connectivity index (χ2v) is 8.56. The van der Waals surface area contributed by atoms with Crippen molar-refractivity contribution in [3.63, 3.8) is 0 Å². The zero-order valence-corrected chi connectivity index (χ0v) is 14.9. The summed E-state index contributed by atoms with van der Waals surface area (Å²) in [4.78, 5) is 14.3. The van der Waals surface area contributed by atoms with Crippen LogP contribution in [0.1, 0.15) is 36.2 Å². The van der Waals surface area contributed by atoms with Crippen LogP contribution in [-0.2, 0) is 21.8 Å². The molecule has 2 aliphatic rings. The lowest BCUT2D eigenvalue weighted by Gasteiger charge is -2.46. The second kappa shape index (κ2) is 6.45. The molecule has 0 bridgehead atoms. The lowest BCUT2D eigenvalue weighted by atomic mass is 9.82. The Bertz CT molecular complexity index is 707. The molecule has 134 valence electrons. The summed E-state index contributed by atoms with van der Waals surface area (Å²) in [6.07, 6.45) is 5.71. The highest BCUT2D eigenvalue weighted by molar-refractivity contribution is 7.88. The molecule has 24 heavy (non-hydrogen) atoms. The maximum absolute atomic E-state index is 12.5. The van der Waals surface area contributed by atoms with Crippen molar-refractivity contribution in [2.24, 2.45) is 7.05 Å². The van der Waals surface area contributed by atoms with Gasteiger partial charge >= 0.3 is 0 Å². The first-order valence-corrected chi connectivity index (χ1v) is 10.1. The monoisotopic (exact) mass is 356 g/mol. The molecule has 1 atom stereocenters. The molecule has 1 aromatic heterocycles. The quantitative estimate of drug-likeness (QED) is 0.830. The molecule has 0 unspecified atom stereocenters.